The van der Waals surface area contributed by atoms with E-state index in [9.17, 15) is 9.90 Å². The van der Waals surface area contributed by atoms with Crippen LogP contribution in [0, 0.1) is 0 Å². The Morgan fingerprint density at radius 1 is 1.45 bits per heavy atom. The molecule has 2 N–H and O–H groups in total. The number of carboxylic acid groups (broad SMARTS) is 1. The lowest BCUT2D eigenvalue weighted by molar-refractivity contribution is 0.0696. The first-order valence-corrected chi connectivity index (χ1v) is 6.96. The first-order chi connectivity index (χ1) is 9.25. The minimum Gasteiger partial charge on any atom is -0.478 e. The molecular formula is C15H23N3O2. The molecule has 1 unspecified atom stereocenters. The highest BCUT2D eigenvalue weighted by atomic mass is 16.4. The number of likely N-dealkylation sites (N-methyl/N-ethyl adjacent to an activating group) is 1. The fourth-order valence-electron chi connectivity index (χ4n) is 2.37. The first kappa shape index (κ1) is 14.8. The number of hydrogen-bond acceptors (Lipinski definition) is 4. The molecule has 1 fully saturated rings. The molecule has 0 radical (unpaired) electrons. The number of aromatic nitrogens is 1. The van der Waals surface area contributed by atoms with Crippen molar-refractivity contribution in [1.29, 1.82) is 0 Å². The van der Waals surface area contributed by atoms with Gasteiger partial charge in [0.1, 0.15) is 5.82 Å². The minimum atomic E-state index is -0.913. The van der Waals surface area contributed by atoms with Gasteiger partial charge in [0.15, 0.2) is 0 Å². The Morgan fingerprint density at radius 3 is 2.65 bits per heavy atom. The van der Waals surface area contributed by atoms with Gasteiger partial charge in [0.2, 0.25) is 0 Å². The van der Waals surface area contributed by atoms with E-state index in [1.807, 2.05) is 20.8 Å². The van der Waals surface area contributed by atoms with Gasteiger partial charge in [-0.3, -0.25) is 0 Å². The molecule has 1 aliphatic rings. The van der Waals surface area contributed by atoms with Crippen molar-refractivity contribution in [1.82, 2.24) is 9.88 Å². The van der Waals surface area contributed by atoms with Crippen LogP contribution in [0.4, 0.5) is 5.82 Å². The maximum atomic E-state index is 11.3. The number of carbonyl (C=O) groups is 1. The Balaban J connectivity index is 2.27. The Kier molecular flexibility index (Phi) is 3.99. The molecule has 5 nitrogen and oxygen atoms in total. The van der Waals surface area contributed by atoms with E-state index in [1.54, 1.807) is 12.1 Å². The SMILES string of the molecule is CN1CCC(Nc2cc(C(=O)O)cc(C(C)(C)C)n2)C1. The van der Waals surface area contributed by atoms with E-state index in [4.69, 9.17) is 0 Å². The van der Waals surface area contributed by atoms with E-state index in [1.165, 1.54) is 0 Å². The van der Waals surface area contributed by atoms with Crippen LogP contribution in [0.3, 0.4) is 0 Å². The van der Waals surface area contributed by atoms with Gasteiger partial charge < -0.3 is 15.3 Å². The normalized spacial score (nSPS) is 20.1. The summed E-state index contributed by atoms with van der Waals surface area (Å²) in [5.74, 6) is -0.250. The predicted molar refractivity (Wildman–Crippen MR) is 79.4 cm³/mol. The quantitative estimate of drug-likeness (QED) is 0.886. The highest BCUT2D eigenvalue weighted by Crippen LogP contribution is 2.24. The van der Waals surface area contributed by atoms with Gasteiger partial charge in [-0.15, -0.1) is 0 Å². The second kappa shape index (κ2) is 5.40. The molecule has 1 aliphatic heterocycles. The maximum Gasteiger partial charge on any atom is 0.335 e. The zero-order valence-electron chi connectivity index (χ0n) is 12.6. The van der Waals surface area contributed by atoms with Crippen molar-refractivity contribution >= 4 is 11.8 Å². The number of rotatable bonds is 3. The highest BCUT2D eigenvalue weighted by molar-refractivity contribution is 5.88. The molecule has 0 saturated carbocycles. The Hall–Kier alpha value is -1.62. The zero-order valence-corrected chi connectivity index (χ0v) is 12.6. The van der Waals surface area contributed by atoms with Crippen LogP contribution in [-0.4, -0.2) is 47.1 Å². The molecule has 1 saturated heterocycles. The molecule has 1 aromatic rings. The van der Waals surface area contributed by atoms with Crippen molar-refractivity contribution in [2.45, 2.75) is 38.6 Å². The molecule has 110 valence electrons. The van der Waals surface area contributed by atoms with Gasteiger partial charge >= 0.3 is 5.97 Å². The van der Waals surface area contributed by atoms with Gasteiger partial charge in [-0.1, -0.05) is 20.8 Å². The van der Waals surface area contributed by atoms with E-state index in [-0.39, 0.29) is 5.41 Å². The minimum absolute atomic E-state index is 0.172. The summed E-state index contributed by atoms with van der Waals surface area (Å²) in [6.45, 7) is 8.13. The number of likely N-dealkylation sites (tertiary alicyclic amines) is 1. The summed E-state index contributed by atoms with van der Waals surface area (Å²) in [7, 11) is 2.09. The van der Waals surface area contributed by atoms with Gasteiger partial charge in [-0.05, 0) is 32.1 Å². The maximum absolute atomic E-state index is 11.3. The van der Waals surface area contributed by atoms with Crippen LogP contribution in [0.15, 0.2) is 12.1 Å². The Labute approximate surface area is 120 Å². The number of pyridine rings is 1. The molecule has 5 heteroatoms. The van der Waals surface area contributed by atoms with Crippen LogP contribution in [0.1, 0.15) is 43.2 Å². The van der Waals surface area contributed by atoms with Gasteiger partial charge in [-0.25, -0.2) is 9.78 Å². The fraction of sp³-hybridized carbons (Fsp3) is 0.600. The number of nitrogens with one attached hydrogen (secondary N) is 1. The summed E-state index contributed by atoms with van der Waals surface area (Å²) in [6.07, 6.45) is 1.06. The summed E-state index contributed by atoms with van der Waals surface area (Å²) in [5, 5.41) is 12.6. The van der Waals surface area contributed by atoms with E-state index in [2.05, 4.69) is 22.2 Å². The molecule has 0 aliphatic carbocycles. The summed E-state index contributed by atoms with van der Waals surface area (Å²) >= 11 is 0. The third-order valence-corrected chi connectivity index (χ3v) is 3.58. The fourth-order valence-corrected chi connectivity index (χ4v) is 2.37. The lowest BCUT2D eigenvalue weighted by Crippen LogP contribution is -2.25. The van der Waals surface area contributed by atoms with Crippen molar-refractivity contribution in [3.8, 4) is 0 Å². The van der Waals surface area contributed by atoms with E-state index in [0.717, 1.165) is 25.2 Å². The molecule has 0 bridgehead atoms. The first-order valence-electron chi connectivity index (χ1n) is 6.96. The number of aromatic carboxylic acids is 1. The van der Waals surface area contributed by atoms with Crippen molar-refractivity contribution in [2.24, 2.45) is 0 Å². The van der Waals surface area contributed by atoms with Crippen LogP contribution in [0.25, 0.3) is 0 Å². The second-order valence-corrected chi connectivity index (χ2v) is 6.57. The largest absolute Gasteiger partial charge is 0.478 e. The van der Waals surface area contributed by atoms with Crippen LogP contribution in [0.2, 0.25) is 0 Å². The van der Waals surface area contributed by atoms with Crippen LogP contribution in [0.5, 0.6) is 0 Å². The average Bonchev–Trinajstić information content (AvgIpc) is 2.73. The molecule has 1 aromatic heterocycles. The second-order valence-electron chi connectivity index (χ2n) is 6.57. The summed E-state index contributed by atoms with van der Waals surface area (Å²) in [5.41, 5.74) is 0.916. The predicted octanol–water partition coefficient (Wildman–Crippen LogP) is 2.19. The summed E-state index contributed by atoms with van der Waals surface area (Å²) in [4.78, 5) is 18.1. The third kappa shape index (κ3) is 3.48. The molecule has 2 heterocycles. The van der Waals surface area contributed by atoms with Crippen molar-refractivity contribution in [2.75, 3.05) is 25.5 Å². The van der Waals surface area contributed by atoms with Gasteiger partial charge in [-0.2, -0.15) is 0 Å². The van der Waals surface area contributed by atoms with E-state index in [0.29, 0.717) is 17.4 Å². The molecule has 2 rings (SSSR count). The van der Waals surface area contributed by atoms with Crippen molar-refractivity contribution in [3.05, 3.63) is 23.4 Å². The number of carboxylic acids is 1. The standard InChI is InChI=1S/C15H23N3O2/c1-15(2,3)12-7-10(14(19)20)8-13(17-12)16-11-5-6-18(4)9-11/h7-8,11H,5-6,9H2,1-4H3,(H,16,17)(H,19,20). The average molecular weight is 277 g/mol. The smallest absolute Gasteiger partial charge is 0.335 e. The lowest BCUT2D eigenvalue weighted by atomic mass is 9.90. The molecular weight excluding hydrogens is 254 g/mol. The van der Waals surface area contributed by atoms with Gasteiger partial charge in [0.25, 0.3) is 0 Å². The molecule has 20 heavy (non-hydrogen) atoms. The molecule has 0 amide bonds. The molecule has 0 aromatic carbocycles. The highest BCUT2D eigenvalue weighted by Gasteiger charge is 2.22. The van der Waals surface area contributed by atoms with Crippen LogP contribution < -0.4 is 5.32 Å². The summed E-state index contributed by atoms with van der Waals surface area (Å²) in [6, 6.07) is 3.62. The van der Waals surface area contributed by atoms with E-state index >= 15 is 0 Å². The Bertz CT molecular complexity index is 508. The number of nitrogens with zero attached hydrogens (tertiary/aromatic N) is 2. The van der Waals surface area contributed by atoms with Crippen LogP contribution >= 0.6 is 0 Å². The van der Waals surface area contributed by atoms with Gasteiger partial charge in [0, 0.05) is 23.7 Å². The molecule has 0 spiro atoms. The van der Waals surface area contributed by atoms with Crippen molar-refractivity contribution in [3.63, 3.8) is 0 Å². The van der Waals surface area contributed by atoms with Gasteiger partial charge in [0.05, 0.1) is 5.56 Å². The number of hydrogen-bond donors (Lipinski definition) is 2. The van der Waals surface area contributed by atoms with Crippen LogP contribution in [-0.2, 0) is 5.41 Å². The topological polar surface area (TPSA) is 65.5 Å². The van der Waals surface area contributed by atoms with E-state index < -0.39 is 5.97 Å². The summed E-state index contributed by atoms with van der Waals surface area (Å²) < 4.78 is 0. The monoisotopic (exact) mass is 277 g/mol. The zero-order chi connectivity index (χ0) is 14.9. The lowest BCUT2D eigenvalue weighted by Gasteiger charge is -2.21. The number of anilines is 1. The third-order valence-electron chi connectivity index (χ3n) is 3.58. The Morgan fingerprint density at radius 2 is 2.15 bits per heavy atom. The molecule has 1 atom stereocenters. The van der Waals surface area contributed by atoms with Crippen molar-refractivity contribution < 1.29 is 9.90 Å².